The summed E-state index contributed by atoms with van der Waals surface area (Å²) in [7, 11) is 0. The van der Waals surface area contributed by atoms with E-state index >= 15 is 0 Å². The van der Waals surface area contributed by atoms with Crippen LogP contribution >= 0.6 is 22.9 Å². The van der Waals surface area contributed by atoms with Crippen LogP contribution in [-0.2, 0) is 16.0 Å². The molecule has 0 bridgehead atoms. The predicted molar refractivity (Wildman–Crippen MR) is 137 cm³/mol. The molecule has 1 fully saturated rings. The van der Waals surface area contributed by atoms with E-state index in [1.54, 1.807) is 25.2 Å². The minimum atomic E-state index is -0.808. The summed E-state index contributed by atoms with van der Waals surface area (Å²) in [4.78, 5) is 24.7. The first-order valence-corrected chi connectivity index (χ1v) is 13.3. The largest absolute Gasteiger partial charge is 0.481 e. The molecule has 1 aromatic carbocycles. The molecule has 0 amide bonds. The Bertz CT molecular complexity index is 1030. The lowest BCUT2D eigenvalue weighted by atomic mass is 9.85. The van der Waals surface area contributed by atoms with Gasteiger partial charge < -0.3 is 15.3 Å². The third kappa shape index (κ3) is 6.28. The molecule has 0 aliphatic heterocycles. The van der Waals surface area contributed by atoms with Gasteiger partial charge in [0.05, 0.1) is 17.2 Å². The fourth-order valence-corrected chi connectivity index (χ4v) is 6.54. The van der Waals surface area contributed by atoms with Gasteiger partial charge in [0.15, 0.2) is 0 Å². The fourth-order valence-electron chi connectivity index (χ4n) is 5.00. The number of halogens is 1. The Hall–Kier alpha value is -1.73. The summed E-state index contributed by atoms with van der Waals surface area (Å²) < 4.78 is 1.14. The van der Waals surface area contributed by atoms with Gasteiger partial charge in [-0.25, -0.2) is 0 Å². The second-order valence-electron chi connectivity index (χ2n) is 9.90. The maximum Gasteiger partial charge on any atom is 0.303 e. The highest BCUT2D eigenvalue weighted by Gasteiger charge is 2.53. The maximum atomic E-state index is 13.0. The van der Waals surface area contributed by atoms with Crippen molar-refractivity contribution in [2.24, 2.45) is 17.3 Å². The Balaban J connectivity index is 1.54. The zero-order valence-electron chi connectivity index (χ0n) is 19.9. The summed E-state index contributed by atoms with van der Waals surface area (Å²) in [6.45, 7) is 3.59. The van der Waals surface area contributed by atoms with E-state index in [-0.39, 0.29) is 24.0 Å². The number of aliphatic hydroxyl groups excluding tert-OH is 2. The topological polar surface area (TPSA) is 94.8 Å². The number of carbonyl (C=O) groups excluding carboxylic acids is 1. The molecule has 0 spiro atoms. The molecular formula is C27H35ClO5S. The Morgan fingerprint density at radius 1 is 1.24 bits per heavy atom. The van der Waals surface area contributed by atoms with Crippen LogP contribution in [-0.4, -0.2) is 39.3 Å². The number of aryl methyl sites for hydroxylation is 1. The highest BCUT2D eigenvalue weighted by Crippen LogP contribution is 2.46. The zero-order chi connectivity index (χ0) is 24.9. The summed E-state index contributed by atoms with van der Waals surface area (Å²) >= 11 is 8.18. The number of Topliss-reactive ketones (excluding diaryl/α,β-unsaturated/α-hetero) is 1. The van der Waals surface area contributed by atoms with E-state index in [0.717, 1.165) is 20.0 Å². The van der Waals surface area contributed by atoms with Crippen molar-refractivity contribution < 1.29 is 24.9 Å². The molecule has 5 nitrogen and oxygen atoms in total. The van der Waals surface area contributed by atoms with Gasteiger partial charge in [-0.3, -0.25) is 9.59 Å². The van der Waals surface area contributed by atoms with E-state index in [9.17, 15) is 19.8 Å². The van der Waals surface area contributed by atoms with E-state index in [0.29, 0.717) is 44.9 Å². The molecule has 0 saturated heterocycles. The van der Waals surface area contributed by atoms with Gasteiger partial charge in [-0.05, 0) is 56.9 Å². The van der Waals surface area contributed by atoms with Crippen molar-refractivity contribution in [3.63, 3.8) is 0 Å². The van der Waals surface area contributed by atoms with Crippen LogP contribution in [0.1, 0.15) is 63.7 Å². The highest BCUT2D eigenvalue weighted by atomic mass is 35.5. The van der Waals surface area contributed by atoms with E-state index in [1.807, 2.05) is 36.4 Å². The van der Waals surface area contributed by atoms with Crippen molar-refractivity contribution in [2.45, 2.75) is 77.4 Å². The average molecular weight is 507 g/mol. The maximum absolute atomic E-state index is 13.0. The van der Waals surface area contributed by atoms with Crippen LogP contribution in [0, 0.1) is 17.3 Å². The monoisotopic (exact) mass is 506 g/mol. The van der Waals surface area contributed by atoms with Crippen LogP contribution in [0.3, 0.4) is 0 Å². The van der Waals surface area contributed by atoms with Gasteiger partial charge >= 0.3 is 5.97 Å². The molecule has 7 heteroatoms. The number of thiophene rings is 1. The third-order valence-electron chi connectivity index (χ3n) is 7.09. The number of ketones is 1. The minimum Gasteiger partial charge on any atom is -0.481 e. The predicted octanol–water partition coefficient (Wildman–Crippen LogP) is 6.03. The SMILES string of the molecule is CC1(C)C(=O)[C@H](C/C=C\CCCC(=O)O)[C@@H](CCC(O)CCc2sc3ccccc3c2Cl)[C@@H]1O. The van der Waals surface area contributed by atoms with Crippen molar-refractivity contribution in [3.05, 3.63) is 46.3 Å². The number of hydrogen-bond acceptors (Lipinski definition) is 5. The van der Waals surface area contributed by atoms with Gasteiger partial charge in [0.1, 0.15) is 5.78 Å². The van der Waals surface area contributed by atoms with E-state index in [1.165, 1.54) is 0 Å². The highest BCUT2D eigenvalue weighted by molar-refractivity contribution is 7.19. The number of fused-ring (bicyclic) bond motifs is 1. The number of aliphatic hydroxyl groups is 2. The summed E-state index contributed by atoms with van der Waals surface area (Å²) in [6, 6.07) is 8.02. The summed E-state index contributed by atoms with van der Waals surface area (Å²) in [5.41, 5.74) is -0.804. The minimum absolute atomic E-state index is 0.0618. The lowest BCUT2D eigenvalue weighted by Gasteiger charge is -2.25. The van der Waals surface area contributed by atoms with Gasteiger partial charge in [0.25, 0.3) is 0 Å². The molecule has 1 heterocycles. The van der Waals surface area contributed by atoms with Crippen LogP contribution in [0.5, 0.6) is 0 Å². The average Bonchev–Trinajstić information content (AvgIpc) is 3.20. The van der Waals surface area contributed by atoms with E-state index in [2.05, 4.69) is 0 Å². The number of allylic oxidation sites excluding steroid dienone is 2. The van der Waals surface area contributed by atoms with Gasteiger partial charge in [0, 0.05) is 32.7 Å². The second-order valence-corrected chi connectivity index (χ2v) is 11.4. The molecule has 186 valence electrons. The fraction of sp³-hybridized carbons (Fsp3) is 0.556. The summed E-state index contributed by atoms with van der Waals surface area (Å²) in [5.74, 6) is -1.23. The number of carbonyl (C=O) groups is 2. The lowest BCUT2D eigenvalue weighted by Crippen LogP contribution is -2.32. The number of unbranched alkanes of at least 4 members (excludes halogenated alkanes) is 1. The smallest absolute Gasteiger partial charge is 0.303 e. The Morgan fingerprint density at radius 3 is 2.68 bits per heavy atom. The van der Waals surface area contributed by atoms with Gasteiger partial charge in [-0.2, -0.15) is 0 Å². The third-order valence-corrected chi connectivity index (χ3v) is 8.87. The van der Waals surface area contributed by atoms with Crippen LogP contribution in [0.4, 0.5) is 0 Å². The quantitative estimate of drug-likeness (QED) is 0.241. The second kappa shape index (κ2) is 11.8. The normalized spacial score (nSPS) is 23.2. The Kier molecular flexibility index (Phi) is 9.33. The zero-order valence-corrected chi connectivity index (χ0v) is 21.4. The van der Waals surface area contributed by atoms with Crippen molar-refractivity contribution in [1.29, 1.82) is 0 Å². The molecule has 1 aliphatic carbocycles. The molecule has 4 atom stereocenters. The number of rotatable bonds is 12. The van der Waals surface area contributed by atoms with Gasteiger partial charge in [-0.15, -0.1) is 11.3 Å². The van der Waals surface area contributed by atoms with Gasteiger partial charge in [-0.1, -0.05) is 55.8 Å². The van der Waals surface area contributed by atoms with E-state index < -0.39 is 23.6 Å². The van der Waals surface area contributed by atoms with Crippen molar-refractivity contribution in [3.8, 4) is 0 Å². The van der Waals surface area contributed by atoms with Crippen molar-refractivity contribution >= 4 is 44.8 Å². The number of carboxylic acid groups (broad SMARTS) is 1. The molecule has 2 aromatic rings. The molecule has 34 heavy (non-hydrogen) atoms. The first-order chi connectivity index (χ1) is 16.1. The van der Waals surface area contributed by atoms with Crippen LogP contribution in [0.25, 0.3) is 10.1 Å². The number of benzene rings is 1. The first kappa shape index (κ1) is 26.9. The molecule has 1 aromatic heterocycles. The molecule has 3 N–H and O–H groups in total. The van der Waals surface area contributed by atoms with Crippen molar-refractivity contribution in [1.82, 2.24) is 0 Å². The van der Waals surface area contributed by atoms with Gasteiger partial charge in [0.2, 0.25) is 0 Å². The molecular weight excluding hydrogens is 472 g/mol. The molecule has 1 unspecified atom stereocenters. The summed E-state index contributed by atoms with van der Waals surface area (Å²) in [6.07, 6.45) is 6.85. The lowest BCUT2D eigenvalue weighted by molar-refractivity contribution is -0.137. The number of carboxylic acids is 1. The Morgan fingerprint density at radius 2 is 1.97 bits per heavy atom. The summed E-state index contributed by atoms with van der Waals surface area (Å²) in [5, 5.41) is 32.1. The molecule has 1 saturated carbocycles. The molecule has 0 radical (unpaired) electrons. The Labute approximate surface area is 210 Å². The number of hydrogen-bond donors (Lipinski definition) is 3. The standard InChI is InChI=1S/C27H35ClO5S/c1-27(2)25(32)18(9-5-3-4-6-12-23(30)31)19(26(27)33)15-13-17(29)14-16-22-24(28)20-10-7-8-11-21(20)34-22/h3,5,7-8,10-11,17-19,26,29,33H,4,6,9,12-16H2,1-2H3,(H,30,31)/b5-3-/t17?,18-,19-,26+/m1/s1. The van der Waals surface area contributed by atoms with Crippen LogP contribution in [0.2, 0.25) is 5.02 Å². The first-order valence-electron chi connectivity index (χ1n) is 12.1. The molecule has 3 rings (SSSR count). The molecule has 1 aliphatic rings. The van der Waals surface area contributed by atoms with Crippen LogP contribution < -0.4 is 0 Å². The number of aliphatic carboxylic acids is 1. The van der Waals surface area contributed by atoms with Crippen LogP contribution in [0.15, 0.2) is 36.4 Å². The van der Waals surface area contributed by atoms with E-state index in [4.69, 9.17) is 16.7 Å². The van der Waals surface area contributed by atoms with Crippen molar-refractivity contribution in [2.75, 3.05) is 0 Å².